The van der Waals surface area contributed by atoms with Crippen molar-refractivity contribution in [2.75, 3.05) is 6.54 Å². The van der Waals surface area contributed by atoms with Gasteiger partial charge in [0, 0.05) is 6.54 Å². The van der Waals surface area contributed by atoms with Crippen molar-refractivity contribution in [3.63, 3.8) is 0 Å². The van der Waals surface area contributed by atoms with Crippen LogP contribution in [0.4, 0.5) is 0 Å². The van der Waals surface area contributed by atoms with Crippen LogP contribution < -0.4 is 10.5 Å². The molecule has 2 nitrogen and oxygen atoms in total. The van der Waals surface area contributed by atoms with Crippen LogP contribution in [0.2, 0.25) is 0 Å². The van der Waals surface area contributed by atoms with E-state index >= 15 is 0 Å². The molecule has 3 aromatic carbocycles. The molecule has 0 fully saturated rings. The van der Waals surface area contributed by atoms with Crippen LogP contribution >= 0.6 is 0 Å². The number of hydrogen-bond acceptors (Lipinski definition) is 2. The van der Waals surface area contributed by atoms with Crippen LogP contribution in [0, 0.1) is 0 Å². The van der Waals surface area contributed by atoms with Gasteiger partial charge in [0.2, 0.25) is 0 Å². The van der Waals surface area contributed by atoms with Crippen LogP contribution in [-0.2, 0) is 0 Å². The van der Waals surface area contributed by atoms with Gasteiger partial charge in [0.1, 0.15) is 11.4 Å². The molecule has 0 radical (unpaired) electrons. The molecule has 0 saturated carbocycles. The third kappa shape index (κ3) is 4.71. The molecule has 0 aliphatic carbocycles. The van der Waals surface area contributed by atoms with Crippen molar-refractivity contribution in [1.29, 1.82) is 0 Å². The second-order valence-corrected chi connectivity index (χ2v) is 7.53. The fourth-order valence-electron chi connectivity index (χ4n) is 3.33. The minimum absolute atomic E-state index is 0.377. The predicted octanol–water partition coefficient (Wildman–Crippen LogP) is 6.17. The molecule has 2 N–H and O–H groups in total. The summed E-state index contributed by atoms with van der Waals surface area (Å²) in [5.41, 5.74) is 11.7. The van der Waals surface area contributed by atoms with E-state index in [9.17, 15) is 0 Å². The van der Waals surface area contributed by atoms with E-state index in [0.29, 0.717) is 6.54 Å². The summed E-state index contributed by atoms with van der Waals surface area (Å²) in [5, 5.41) is 0. The number of benzene rings is 3. The van der Waals surface area contributed by atoms with E-state index in [-0.39, 0.29) is 5.60 Å². The summed E-state index contributed by atoms with van der Waals surface area (Å²) in [7, 11) is 0. The first-order valence-corrected chi connectivity index (χ1v) is 9.87. The Hall–Kier alpha value is -2.84. The van der Waals surface area contributed by atoms with Gasteiger partial charge in [-0.15, -0.1) is 0 Å². The lowest BCUT2D eigenvalue weighted by Gasteiger charge is -2.25. The molecule has 3 rings (SSSR count). The second-order valence-electron chi connectivity index (χ2n) is 7.53. The van der Waals surface area contributed by atoms with E-state index in [0.717, 1.165) is 12.2 Å². The first-order valence-electron chi connectivity index (χ1n) is 9.87. The summed E-state index contributed by atoms with van der Waals surface area (Å²) < 4.78 is 6.02. The van der Waals surface area contributed by atoms with Gasteiger partial charge in [0.05, 0.1) is 0 Å². The van der Waals surface area contributed by atoms with E-state index in [1.807, 2.05) is 26.0 Å². The lowest BCUT2D eigenvalue weighted by atomic mass is 9.88. The molecule has 0 heterocycles. The van der Waals surface area contributed by atoms with Gasteiger partial charge in [-0.1, -0.05) is 79.7 Å². The van der Waals surface area contributed by atoms with Crippen LogP contribution in [0.1, 0.15) is 43.9 Å². The van der Waals surface area contributed by atoms with Crippen LogP contribution in [0.25, 0.3) is 11.1 Å². The van der Waals surface area contributed by atoms with Gasteiger partial charge in [0.15, 0.2) is 0 Å². The SMILES string of the molecule is CCC(=C(c1ccccc1)c1ccc(OC(C)(C)CN)cc1)c1ccccc1. The van der Waals surface area contributed by atoms with Gasteiger partial charge in [-0.2, -0.15) is 0 Å². The summed E-state index contributed by atoms with van der Waals surface area (Å²) in [6, 6.07) is 29.6. The van der Waals surface area contributed by atoms with Crippen molar-refractivity contribution >= 4 is 11.1 Å². The number of hydrogen-bond donors (Lipinski definition) is 1. The lowest BCUT2D eigenvalue weighted by Crippen LogP contribution is -2.37. The Morgan fingerprint density at radius 3 is 1.75 bits per heavy atom. The molecular weight excluding hydrogens is 342 g/mol. The van der Waals surface area contributed by atoms with E-state index in [4.69, 9.17) is 10.5 Å². The molecule has 3 aromatic rings. The Labute approximate surface area is 168 Å². The molecule has 144 valence electrons. The van der Waals surface area contributed by atoms with Crippen LogP contribution in [-0.4, -0.2) is 12.1 Å². The van der Waals surface area contributed by atoms with Gasteiger partial charge >= 0.3 is 0 Å². The van der Waals surface area contributed by atoms with Crippen molar-refractivity contribution in [2.24, 2.45) is 5.73 Å². The quantitative estimate of drug-likeness (QED) is 0.504. The summed E-state index contributed by atoms with van der Waals surface area (Å²) in [6.45, 7) is 6.69. The average Bonchev–Trinajstić information content (AvgIpc) is 2.74. The van der Waals surface area contributed by atoms with Gasteiger partial charge in [-0.05, 0) is 60.2 Å². The van der Waals surface area contributed by atoms with Crippen molar-refractivity contribution in [3.8, 4) is 5.75 Å². The molecule has 0 atom stereocenters. The monoisotopic (exact) mass is 371 g/mol. The van der Waals surface area contributed by atoms with Gasteiger partial charge < -0.3 is 10.5 Å². The normalized spacial score (nSPS) is 12.4. The molecule has 0 unspecified atom stereocenters. The molecule has 0 amide bonds. The van der Waals surface area contributed by atoms with E-state index in [1.54, 1.807) is 0 Å². The third-order valence-electron chi connectivity index (χ3n) is 4.87. The second kappa shape index (κ2) is 8.90. The summed E-state index contributed by atoms with van der Waals surface area (Å²) in [5.74, 6) is 0.837. The molecule has 28 heavy (non-hydrogen) atoms. The van der Waals surface area contributed by atoms with Crippen LogP contribution in [0.5, 0.6) is 5.75 Å². The Kier molecular flexibility index (Phi) is 6.33. The third-order valence-corrected chi connectivity index (χ3v) is 4.87. The number of rotatable bonds is 7. The Morgan fingerprint density at radius 1 is 0.750 bits per heavy atom. The van der Waals surface area contributed by atoms with E-state index in [2.05, 4.69) is 79.7 Å². The highest BCUT2D eigenvalue weighted by molar-refractivity contribution is 5.98. The highest BCUT2D eigenvalue weighted by Crippen LogP contribution is 2.35. The predicted molar refractivity (Wildman–Crippen MR) is 119 cm³/mol. The largest absolute Gasteiger partial charge is 0.487 e. The fourth-order valence-corrected chi connectivity index (χ4v) is 3.33. The van der Waals surface area contributed by atoms with Crippen molar-refractivity contribution < 1.29 is 4.74 Å². The van der Waals surface area contributed by atoms with Crippen molar-refractivity contribution in [1.82, 2.24) is 0 Å². The Balaban J connectivity index is 2.09. The lowest BCUT2D eigenvalue weighted by molar-refractivity contribution is 0.119. The molecule has 0 aliphatic rings. The highest BCUT2D eigenvalue weighted by Gasteiger charge is 2.18. The zero-order valence-corrected chi connectivity index (χ0v) is 17.0. The molecular formula is C26H29NO. The minimum Gasteiger partial charge on any atom is -0.487 e. The van der Waals surface area contributed by atoms with Crippen molar-refractivity contribution in [3.05, 3.63) is 102 Å². The van der Waals surface area contributed by atoms with Crippen LogP contribution in [0.3, 0.4) is 0 Å². The molecule has 0 aliphatic heterocycles. The van der Waals surface area contributed by atoms with Gasteiger partial charge in [-0.25, -0.2) is 0 Å². The summed E-state index contributed by atoms with van der Waals surface area (Å²) in [6.07, 6.45) is 0.951. The van der Waals surface area contributed by atoms with E-state index in [1.165, 1.54) is 27.8 Å². The first kappa shape index (κ1) is 19.9. The summed E-state index contributed by atoms with van der Waals surface area (Å²) >= 11 is 0. The highest BCUT2D eigenvalue weighted by atomic mass is 16.5. The fraction of sp³-hybridized carbons (Fsp3) is 0.231. The molecule has 0 spiro atoms. The maximum absolute atomic E-state index is 6.02. The zero-order valence-electron chi connectivity index (χ0n) is 17.0. The Bertz CT molecular complexity index is 910. The smallest absolute Gasteiger partial charge is 0.120 e. The maximum atomic E-state index is 6.02. The minimum atomic E-state index is -0.377. The number of allylic oxidation sites excluding steroid dienone is 1. The maximum Gasteiger partial charge on any atom is 0.120 e. The zero-order chi connectivity index (χ0) is 20.0. The summed E-state index contributed by atoms with van der Waals surface area (Å²) in [4.78, 5) is 0. The molecule has 0 aromatic heterocycles. The van der Waals surface area contributed by atoms with Crippen LogP contribution in [0.15, 0.2) is 84.9 Å². The van der Waals surface area contributed by atoms with Gasteiger partial charge in [0.25, 0.3) is 0 Å². The Morgan fingerprint density at radius 2 is 1.25 bits per heavy atom. The first-order chi connectivity index (χ1) is 13.5. The van der Waals surface area contributed by atoms with E-state index < -0.39 is 0 Å². The van der Waals surface area contributed by atoms with Gasteiger partial charge in [-0.3, -0.25) is 0 Å². The topological polar surface area (TPSA) is 35.2 Å². The van der Waals surface area contributed by atoms with Crippen molar-refractivity contribution in [2.45, 2.75) is 32.8 Å². The molecule has 0 saturated heterocycles. The molecule has 2 heteroatoms. The molecule has 0 bridgehead atoms. The standard InChI is InChI=1S/C26H29NO/c1-4-24(20-11-7-5-8-12-20)25(21-13-9-6-10-14-21)22-15-17-23(18-16-22)28-26(2,3)19-27/h5-18H,4,19,27H2,1-3H3. The number of nitrogens with two attached hydrogens (primary N) is 1. The number of ether oxygens (including phenoxy) is 1. The average molecular weight is 372 g/mol.